The molecule has 1 N–H and O–H groups in total. The van der Waals surface area contributed by atoms with Gasteiger partial charge in [0.15, 0.2) is 0 Å². The molecular weight excluding hydrogens is 325 g/mol. The maximum absolute atomic E-state index is 13.3. The molecule has 0 heterocycles. The lowest BCUT2D eigenvalue weighted by Gasteiger charge is -2.28. The Balaban J connectivity index is 1.48. The Morgan fingerprint density at radius 1 is 1.08 bits per heavy atom. The molecule has 0 aromatic heterocycles. The summed E-state index contributed by atoms with van der Waals surface area (Å²) in [5.74, 6) is 0.696. The van der Waals surface area contributed by atoms with E-state index < -0.39 is 0 Å². The first-order valence-corrected chi connectivity index (χ1v) is 8.79. The largest absolute Gasteiger partial charge is 0.326 e. The number of halogens is 2. The second kappa shape index (κ2) is 7.80. The minimum atomic E-state index is -0.169. The third kappa shape index (κ3) is 4.57. The summed E-state index contributed by atoms with van der Waals surface area (Å²) in [5.41, 5.74) is 1.86. The summed E-state index contributed by atoms with van der Waals surface area (Å²) in [4.78, 5) is 12.2. The molecule has 1 saturated carbocycles. The van der Waals surface area contributed by atoms with Crippen molar-refractivity contribution in [1.29, 1.82) is 0 Å². The molecule has 1 amide bonds. The van der Waals surface area contributed by atoms with Gasteiger partial charge in [0.1, 0.15) is 5.82 Å². The Bertz CT molecular complexity index is 693. The summed E-state index contributed by atoms with van der Waals surface area (Å²) in [6, 6.07) is 14.0. The Morgan fingerprint density at radius 2 is 1.79 bits per heavy atom. The quantitative estimate of drug-likeness (QED) is 0.747. The average molecular weight is 346 g/mol. The van der Waals surface area contributed by atoms with Crippen LogP contribution in [0.5, 0.6) is 0 Å². The average Bonchev–Trinajstić information content (AvgIpc) is 2.58. The lowest BCUT2D eigenvalue weighted by molar-refractivity contribution is -0.117. The number of rotatable bonds is 4. The minimum absolute atomic E-state index is 0.0477. The van der Waals surface area contributed by atoms with E-state index in [9.17, 15) is 9.18 Å². The van der Waals surface area contributed by atoms with Crippen molar-refractivity contribution in [3.05, 3.63) is 64.9 Å². The fourth-order valence-electron chi connectivity index (χ4n) is 3.47. The SMILES string of the molecule is O=C(CC1CCC(c2cccc(F)c2)CC1)Nc1ccc(Cl)cc1. The van der Waals surface area contributed by atoms with Crippen LogP contribution in [0.25, 0.3) is 0 Å². The zero-order valence-electron chi connectivity index (χ0n) is 13.5. The van der Waals surface area contributed by atoms with Crippen LogP contribution in [0.1, 0.15) is 43.6 Å². The summed E-state index contributed by atoms with van der Waals surface area (Å²) < 4.78 is 13.3. The van der Waals surface area contributed by atoms with Gasteiger partial charge >= 0.3 is 0 Å². The highest BCUT2D eigenvalue weighted by Gasteiger charge is 2.24. The van der Waals surface area contributed by atoms with Gasteiger partial charge in [-0.25, -0.2) is 4.39 Å². The van der Waals surface area contributed by atoms with Gasteiger partial charge in [0.05, 0.1) is 0 Å². The van der Waals surface area contributed by atoms with E-state index in [1.807, 2.05) is 6.07 Å². The zero-order chi connectivity index (χ0) is 16.9. The first-order valence-electron chi connectivity index (χ1n) is 8.41. The summed E-state index contributed by atoms with van der Waals surface area (Å²) in [5, 5.41) is 3.58. The van der Waals surface area contributed by atoms with Gasteiger partial charge in [-0.15, -0.1) is 0 Å². The van der Waals surface area contributed by atoms with Crippen LogP contribution in [0.4, 0.5) is 10.1 Å². The van der Waals surface area contributed by atoms with Gasteiger partial charge in [-0.3, -0.25) is 4.79 Å². The standard InChI is InChI=1S/C20H21ClFNO/c21-17-8-10-19(11-9-17)23-20(24)12-14-4-6-15(7-5-14)16-2-1-3-18(22)13-16/h1-3,8-11,13-15H,4-7,12H2,(H,23,24). The zero-order valence-corrected chi connectivity index (χ0v) is 14.2. The Labute approximate surface area is 147 Å². The summed E-state index contributed by atoms with van der Waals surface area (Å²) in [6.07, 6.45) is 4.59. The fraction of sp³-hybridized carbons (Fsp3) is 0.350. The van der Waals surface area contributed by atoms with Crippen molar-refractivity contribution in [2.75, 3.05) is 5.32 Å². The molecule has 0 atom stereocenters. The minimum Gasteiger partial charge on any atom is -0.326 e. The topological polar surface area (TPSA) is 29.1 Å². The van der Waals surface area contributed by atoms with E-state index in [-0.39, 0.29) is 11.7 Å². The Kier molecular flexibility index (Phi) is 5.52. The Hall–Kier alpha value is -1.87. The second-order valence-corrected chi connectivity index (χ2v) is 6.97. The highest BCUT2D eigenvalue weighted by molar-refractivity contribution is 6.30. The number of anilines is 1. The summed E-state index contributed by atoms with van der Waals surface area (Å²) in [7, 11) is 0. The third-order valence-corrected chi connectivity index (χ3v) is 5.02. The van der Waals surface area contributed by atoms with Crippen LogP contribution in [-0.4, -0.2) is 5.91 Å². The van der Waals surface area contributed by atoms with Crippen molar-refractivity contribution in [3.63, 3.8) is 0 Å². The van der Waals surface area contributed by atoms with Crippen molar-refractivity contribution in [3.8, 4) is 0 Å². The molecule has 0 radical (unpaired) electrons. The lowest BCUT2D eigenvalue weighted by Crippen LogP contribution is -2.20. The molecule has 1 fully saturated rings. The lowest BCUT2D eigenvalue weighted by atomic mass is 9.77. The fourth-order valence-corrected chi connectivity index (χ4v) is 3.59. The van der Waals surface area contributed by atoms with Crippen molar-refractivity contribution in [1.82, 2.24) is 0 Å². The molecule has 0 bridgehead atoms. The monoisotopic (exact) mass is 345 g/mol. The van der Waals surface area contributed by atoms with E-state index in [2.05, 4.69) is 5.32 Å². The van der Waals surface area contributed by atoms with E-state index >= 15 is 0 Å². The van der Waals surface area contributed by atoms with Gasteiger partial charge in [0.25, 0.3) is 0 Å². The predicted molar refractivity (Wildman–Crippen MR) is 95.8 cm³/mol. The maximum Gasteiger partial charge on any atom is 0.224 e. The summed E-state index contributed by atoms with van der Waals surface area (Å²) in [6.45, 7) is 0. The van der Waals surface area contributed by atoms with Gasteiger partial charge in [-0.1, -0.05) is 23.7 Å². The first-order chi connectivity index (χ1) is 11.6. The van der Waals surface area contributed by atoms with E-state index in [0.717, 1.165) is 36.9 Å². The molecule has 3 rings (SSSR count). The van der Waals surface area contributed by atoms with Crippen LogP contribution >= 0.6 is 11.6 Å². The van der Waals surface area contributed by atoms with E-state index in [1.54, 1.807) is 36.4 Å². The van der Waals surface area contributed by atoms with E-state index in [1.165, 1.54) is 6.07 Å². The van der Waals surface area contributed by atoms with Crippen LogP contribution < -0.4 is 5.32 Å². The predicted octanol–water partition coefficient (Wildman–Crippen LogP) is 5.78. The van der Waals surface area contributed by atoms with Gasteiger partial charge in [0, 0.05) is 17.1 Å². The summed E-state index contributed by atoms with van der Waals surface area (Å²) >= 11 is 5.84. The number of carbonyl (C=O) groups excluding carboxylic acids is 1. The molecule has 2 aromatic carbocycles. The molecular formula is C20H21ClFNO. The van der Waals surface area contributed by atoms with Crippen molar-refractivity contribution in [2.45, 2.75) is 38.0 Å². The number of amides is 1. The molecule has 0 spiro atoms. The highest BCUT2D eigenvalue weighted by Crippen LogP contribution is 2.37. The van der Waals surface area contributed by atoms with Crippen LogP contribution in [0.15, 0.2) is 48.5 Å². The molecule has 1 aliphatic rings. The van der Waals surface area contributed by atoms with Gasteiger partial charge in [0.2, 0.25) is 5.91 Å². The smallest absolute Gasteiger partial charge is 0.224 e. The molecule has 126 valence electrons. The van der Waals surface area contributed by atoms with Gasteiger partial charge < -0.3 is 5.32 Å². The maximum atomic E-state index is 13.3. The van der Waals surface area contributed by atoms with Crippen LogP contribution in [0.3, 0.4) is 0 Å². The molecule has 24 heavy (non-hydrogen) atoms. The molecule has 4 heteroatoms. The molecule has 2 aromatic rings. The Morgan fingerprint density at radius 3 is 2.46 bits per heavy atom. The normalized spacial score (nSPS) is 20.6. The number of hydrogen-bond acceptors (Lipinski definition) is 1. The van der Waals surface area contributed by atoms with Gasteiger partial charge in [-0.2, -0.15) is 0 Å². The molecule has 0 unspecified atom stereocenters. The van der Waals surface area contributed by atoms with Crippen LogP contribution in [0, 0.1) is 11.7 Å². The third-order valence-electron chi connectivity index (χ3n) is 4.77. The number of benzene rings is 2. The van der Waals surface area contributed by atoms with Crippen LogP contribution in [0.2, 0.25) is 5.02 Å². The van der Waals surface area contributed by atoms with Crippen molar-refractivity contribution >= 4 is 23.2 Å². The van der Waals surface area contributed by atoms with E-state index in [4.69, 9.17) is 11.6 Å². The van der Waals surface area contributed by atoms with Crippen molar-refractivity contribution < 1.29 is 9.18 Å². The van der Waals surface area contributed by atoms with Crippen molar-refractivity contribution in [2.24, 2.45) is 5.92 Å². The molecule has 0 saturated heterocycles. The molecule has 2 nitrogen and oxygen atoms in total. The van der Waals surface area contributed by atoms with Gasteiger partial charge in [-0.05, 0) is 79.5 Å². The molecule has 0 aliphatic heterocycles. The van der Waals surface area contributed by atoms with E-state index in [0.29, 0.717) is 23.3 Å². The number of carbonyl (C=O) groups is 1. The number of nitrogens with one attached hydrogen (secondary N) is 1. The van der Waals surface area contributed by atoms with Crippen LogP contribution in [-0.2, 0) is 4.79 Å². The highest BCUT2D eigenvalue weighted by atomic mass is 35.5. The first kappa shape index (κ1) is 17.0. The molecule has 1 aliphatic carbocycles. The number of hydrogen-bond donors (Lipinski definition) is 1. The second-order valence-electron chi connectivity index (χ2n) is 6.53.